The van der Waals surface area contributed by atoms with Gasteiger partial charge in [0.05, 0.1) is 0 Å². The van der Waals surface area contributed by atoms with E-state index in [1.807, 2.05) is 0 Å². The van der Waals surface area contributed by atoms with E-state index in [0.29, 0.717) is 18.9 Å². The molecule has 3 heteroatoms. The molecule has 0 bridgehead atoms. The van der Waals surface area contributed by atoms with Crippen molar-refractivity contribution in [2.75, 3.05) is 6.61 Å². The van der Waals surface area contributed by atoms with Gasteiger partial charge in [0, 0.05) is 13.0 Å². The number of hydrogen-bond donors (Lipinski definition) is 2. The van der Waals surface area contributed by atoms with E-state index in [9.17, 15) is 4.79 Å². The molecule has 3 nitrogen and oxygen atoms in total. The van der Waals surface area contributed by atoms with Gasteiger partial charge in [-0.25, -0.2) is 0 Å². The Kier molecular flexibility index (Phi) is 14.9. The zero-order valence-electron chi connectivity index (χ0n) is 13.9. The Morgan fingerprint density at radius 1 is 0.952 bits per heavy atom. The number of amides is 1. The van der Waals surface area contributed by atoms with Crippen molar-refractivity contribution in [2.45, 2.75) is 84.0 Å². The lowest BCUT2D eigenvalue weighted by Crippen LogP contribution is -2.09. The quantitative estimate of drug-likeness (QED) is 0.349. The first-order valence-electron chi connectivity index (χ1n) is 8.71. The second-order valence-electron chi connectivity index (χ2n) is 6.17. The average Bonchev–Trinajstić information content (AvgIpc) is 2.46. The van der Waals surface area contributed by atoms with Crippen LogP contribution in [0.25, 0.3) is 0 Å². The van der Waals surface area contributed by atoms with Crippen molar-refractivity contribution in [3.05, 3.63) is 12.2 Å². The molecule has 0 aliphatic carbocycles. The van der Waals surface area contributed by atoms with Gasteiger partial charge >= 0.3 is 0 Å². The van der Waals surface area contributed by atoms with E-state index in [0.717, 1.165) is 19.3 Å². The molecule has 1 unspecified atom stereocenters. The van der Waals surface area contributed by atoms with E-state index in [4.69, 9.17) is 10.8 Å². The Labute approximate surface area is 131 Å². The summed E-state index contributed by atoms with van der Waals surface area (Å²) in [7, 11) is 0. The molecule has 1 amide bonds. The average molecular weight is 297 g/mol. The van der Waals surface area contributed by atoms with Gasteiger partial charge in [0.15, 0.2) is 0 Å². The summed E-state index contributed by atoms with van der Waals surface area (Å²) in [6, 6.07) is 0. The van der Waals surface area contributed by atoms with E-state index in [1.165, 1.54) is 51.4 Å². The summed E-state index contributed by atoms with van der Waals surface area (Å²) in [4.78, 5) is 10.6. The fraction of sp³-hybridized carbons (Fsp3) is 0.833. The molecule has 0 aliphatic rings. The second kappa shape index (κ2) is 15.6. The molecular formula is C18H35NO2. The summed E-state index contributed by atoms with van der Waals surface area (Å²) < 4.78 is 0. The number of hydrogen-bond acceptors (Lipinski definition) is 2. The lowest BCUT2D eigenvalue weighted by atomic mass is 10.0. The van der Waals surface area contributed by atoms with Crippen LogP contribution in [-0.2, 0) is 4.79 Å². The number of rotatable bonds is 15. The maximum Gasteiger partial charge on any atom is 0.217 e. The van der Waals surface area contributed by atoms with Crippen molar-refractivity contribution in [3.63, 3.8) is 0 Å². The number of unbranched alkanes of at least 4 members (excludes halogenated alkanes) is 8. The number of aliphatic hydroxyl groups is 1. The Bertz CT molecular complexity index is 264. The molecule has 0 saturated carbocycles. The van der Waals surface area contributed by atoms with Gasteiger partial charge < -0.3 is 10.8 Å². The van der Waals surface area contributed by atoms with Crippen molar-refractivity contribution < 1.29 is 9.90 Å². The molecule has 21 heavy (non-hydrogen) atoms. The molecule has 0 fully saturated rings. The second-order valence-corrected chi connectivity index (χ2v) is 6.17. The fourth-order valence-corrected chi connectivity index (χ4v) is 2.35. The van der Waals surface area contributed by atoms with Crippen LogP contribution in [0.1, 0.15) is 84.0 Å². The van der Waals surface area contributed by atoms with Crippen LogP contribution < -0.4 is 5.73 Å². The highest BCUT2D eigenvalue weighted by atomic mass is 16.3. The third-order valence-corrected chi connectivity index (χ3v) is 3.84. The topological polar surface area (TPSA) is 63.3 Å². The summed E-state index contributed by atoms with van der Waals surface area (Å²) in [5.74, 6) is 0.280. The monoisotopic (exact) mass is 297 g/mol. The summed E-state index contributed by atoms with van der Waals surface area (Å²) in [6.45, 7) is 2.42. The van der Waals surface area contributed by atoms with Gasteiger partial charge in [0.1, 0.15) is 0 Å². The fourth-order valence-electron chi connectivity index (χ4n) is 2.35. The highest BCUT2D eigenvalue weighted by Gasteiger charge is 1.98. The normalized spacial score (nSPS) is 12.9. The summed E-state index contributed by atoms with van der Waals surface area (Å²) >= 11 is 0. The highest BCUT2D eigenvalue weighted by molar-refractivity contribution is 5.73. The Morgan fingerprint density at radius 2 is 1.48 bits per heavy atom. The zero-order valence-corrected chi connectivity index (χ0v) is 13.9. The molecular weight excluding hydrogens is 262 g/mol. The first-order valence-corrected chi connectivity index (χ1v) is 8.71. The number of carbonyl (C=O) groups excluding carboxylic acids is 1. The predicted molar refractivity (Wildman–Crippen MR) is 90.0 cm³/mol. The standard InChI is InChI=1S/C18H35NO2/c1-17(16-20)14-12-10-8-6-4-2-3-5-7-9-11-13-15-18(19)21/h4,6,17,20H,2-3,5,7-16H2,1H3,(H2,19,21)/b6-4-. The van der Waals surface area contributed by atoms with Crippen LogP contribution in [0.15, 0.2) is 12.2 Å². The summed E-state index contributed by atoms with van der Waals surface area (Å²) in [5, 5.41) is 8.92. The first-order chi connectivity index (χ1) is 10.2. The van der Waals surface area contributed by atoms with Crippen LogP contribution in [0.5, 0.6) is 0 Å². The summed E-state index contributed by atoms with van der Waals surface area (Å²) in [6.07, 6.45) is 18.2. The number of allylic oxidation sites excluding steroid dienone is 2. The van der Waals surface area contributed by atoms with E-state index in [2.05, 4.69) is 19.1 Å². The minimum Gasteiger partial charge on any atom is -0.396 e. The van der Waals surface area contributed by atoms with Gasteiger partial charge in [-0.05, 0) is 44.4 Å². The van der Waals surface area contributed by atoms with Gasteiger partial charge in [0.25, 0.3) is 0 Å². The Balaban J connectivity index is 3.13. The van der Waals surface area contributed by atoms with Crippen LogP contribution in [0.2, 0.25) is 0 Å². The zero-order chi connectivity index (χ0) is 15.8. The number of primary amides is 1. The van der Waals surface area contributed by atoms with Crippen LogP contribution >= 0.6 is 0 Å². The Morgan fingerprint density at radius 3 is 2.05 bits per heavy atom. The lowest BCUT2D eigenvalue weighted by molar-refractivity contribution is -0.118. The third kappa shape index (κ3) is 17.1. The SMILES string of the molecule is CC(CO)CCCC/C=C\CCCCCCCCC(N)=O. The highest BCUT2D eigenvalue weighted by Crippen LogP contribution is 2.10. The van der Waals surface area contributed by atoms with E-state index in [1.54, 1.807) is 0 Å². The van der Waals surface area contributed by atoms with E-state index >= 15 is 0 Å². The number of carbonyl (C=O) groups is 1. The van der Waals surface area contributed by atoms with Crippen molar-refractivity contribution in [1.29, 1.82) is 0 Å². The van der Waals surface area contributed by atoms with Crippen LogP contribution in [0.3, 0.4) is 0 Å². The van der Waals surface area contributed by atoms with Crippen molar-refractivity contribution >= 4 is 5.91 Å². The van der Waals surface area contributed by atoms with Crippen LogP contribution in [0, 0.1) is 5.92 Å². The molecule has 0 aromatic heterocycles. The lowest BCUT2D eigenvalue weighted by Gasteiger charge is -2.05. The predicted octanol–water partition coefficient (Wildman–Crippen LogP) is 4.34. The number of nitrogens with two attached hydrogens (primary N) is 1. The van der Waals surface area contributed by atoms with Gasteiger partial charge in [-0.2, -0.15) is 0 Å². The van der Waals surface area contributed by atoms with Gasteiger partial charge in [0.2, 0.25) is 5.91 Å². The number of aliphatic hydroxyl groups excluding tert-OH is 1. The van der Waals surface area contributed by atoms with Crippen LogP contribution in [0.4, 0.5) is 0 Å². The first kappa shape index (κ1) is 20.2. The van der Waals surface area contributed by atoms with Gasteiger partial charge in [-0.15, -0.1) is 0 Å². The molecule has 0 radical (unpaired) electrons. The van der Waals surface area contributed by atoms with Crippen molar-refractivity contribution in [2.24, 2.45) is 11.7 Å². The van der Waals surface area contributed by atoms with Crippen LogP contribution in [-0.4, -0.2) is 17.6 Å². The molecule has 3 N–H and O–H groups in total. The molecule has 0 aromatic rings. The minimum absolute atomic E-state index is 0.175. The van der Waals surface area contributed by atoms with E-state index in [-0.39, 0.29) is 5.91 Å². The maximum atomic E-state index is 10.6. The molecule has 0 heterocycles. The molecule has 0 aliphatic heterocycles. The summed E-state index contributed by atoms with van der Waals surface area (Å²) in [5.41, 5.74) is 5.10. The molecule has 0 rings (SSSR count). The molecule has 0 aromatic carbocycles. The van der Waals surface area contributed by atoms with E-state index < -0.39 is 0 Å². The molecule has 124 valence electrons. The smallest absolute Gasteiger partial charge is 0.217 e. The van der Waals surface area contributed by atoms with Gasteiger partial charge in [-0.1, -0.05) is 51.2 Å². The molecule has 1 atom stereocenters. The third-order valence-electron chi connectivity index (χ3n) is 3.84. The largest absolute Gasteiger partial charge is 0.396 e. The Hall–Kier alpha value is -0.830. The van der Waals surface area contributed by atoms with Gasteiger partial charge in [-0.3, -0.25) is 4.79 Å². The minimum atomic E-state index is -0.175. The van der Waals surface area contributed by atoms with Crippen molar-refractivity contribution in [1.82, 2.24) is 0 Å². The van der Waals surface area contributed by atoms with Crippen molar-refractivity contribution in [3.8, 4) is 0 Å². The maximum absolute atomic E-state index is 10.6. The molecule has 0 saturated heterocycles. The molecule has 0 spiro atoms.